The summed E-state index contributed by atoms with van der Waals surface area (Å²) in [5.74, 6) is -0.316. The van der Waals surface area contributed by atoms with E-state index in [1.807, 2.05) is 0 Å². The molecule has 0 unspecified atom stereocenters. The summed E-state index contributed by atoms with van der Waals surface area (Å²) in [6.45, 7) is 5.94. The van der Waals surface area contributed by atoms with Crippen molar-refractivity contribution >= 4 is 7.60 Å². The molecule has 0 radical (unpaired) electrons. The van der Waals surface area contributed by atoms with Crippen molar-refractivity contribution in [3.63, 3.8) is 0 Å². The highest BCUT2D eigenvalue weighted by atomic mass is 31.2. The van der Waals surface area contributed by atoms with Gasteiger partial charge in [0.15, 0.2) is 0 Å². The first kappa shape index (κ1) is 14.4. The van der Waals surface area contributed by atoms with Crippen LogP contribution in [0.3, 0.4) is 0 Å². The fourth-order valence-corrected chi connectivity index (χ4v) is 3.32. The lowest BCUT2D eigenvalue weighted by Gasteiger charge is -2.23. The molecule has 0 saturated heterocycles. The predicted octanol–water partition coefficient (Wildman–Crippen LogP) is 4.15. The first-order chi connectivity index (χ1) is 8.03. The Morgan fingerprint density at radius 3 is 2.06 bits per heavy atom. The fourth-order valence-electron chi connectivity index (χ4n) is 1.54. The lowest BCUT2D eigenvalue weighted by atomic mass is 10.2. The molecule has 3 nitrogen and oxygen atoms in total. The van der Waals surface area contributed by atoms with E-state index in [1.165, 1.54) is 12.1 Å². The predicted molar refractivity (Wildman–Crippen MR) is 65.7 cm³/mol. The molecule has 0 saturated carbocycles. The van der Waals surface area contributed by atoms with Crippen LogP contribution in [0.4, 0.5) is 4.39 Å². The molecule has 0 N–H and O–H groups in total. The molecule has 0 heterocycles. The van der Waals surface area contributed by atoms with Crippen molar-refractivity contribution in [1.29, 1.82) is 0 Å². The third-order valence-corrected chi connectivity index (χ3v) is 4.93. The van der Waals surface area contributed by atoms with Crippen LogP contribution in [0.2, 0.25) is 0 Å². The van der Waals surface area contributed by atoms with Crippen molar-refractivity contribution in [2.75, 3.05) is 13.2 Å². The van der Waals surface area contributed by atoms with Gasteiger partial charge in [0, 0.05) is 0 Å². The summed E-state index contributed by atoms with van der Waals surface area (Å²) in [4.78, 5) is 0. The van der Waals surface area contributed by atoms with Gasteiger partial charge in [0.25, 0.3) is 0 Å². The largest absolute Gasteiger partial charge is 0.337 e. The molecule has 0 aromatic heterocycles. The van der Waals surface area contributed by atoms with E-state index in [1.54, 1.807) is 32.9 Å². The highest BCUT2D eigenvalue weighted by molar-refractivity contribution is 7.54. The molecule has 0 spiro atoms. The molecule has 0 aliphatic rings. The Hall–Kier alpha value is -0.700. The van der Waals surface area contributed by atoms with E-state index in [0.717, 1.165) is 5.56 Å². The summed E-state index contributed by atoms with van der Waals surface area (Å²) in [6, 6.07) is 5.89. The van der Waals surface area contributed by atoms with Crippen LogP contribution in [-0.4, -0.2) is 13.2 Å². The van der Waals surface area contributed by atoms with Gasteiger partial charge in [0.2, 0.25) is 0 Å². The molecule has 1 aromatic rings. The summed E-state index contributed by atoms with van der Waals surface area (Å²) >= 11 is 0. The highest BCUT2D eigenvalue weighted by Crippen LogP contribution is 2.60. The summed E-state index contributed by atoms with van der Waals surface area (Å²) in [6.07, 6.45) is 0. The minimum Gasteiger partial charge on any atom is -0.308 e. The smallest absolute Gasteiger partial charge is 0.308 e. The SMILES string of the molecule is CCOP(=O)(OCC)[C@@H](C)c1ccc(F)cc1. The molecule has 0 bridgehead atoms. The third-order valence-electron chi connectivity index (χ3n) is 2.44. The first-order valence-electron chi connectivity index (χ1n) is 5.67. The third kappa shape index (κ3) is 3.63. The summed E-state index contributed by atoms with van der Waals surface area (Å²) in [7, 11) is -3.17. The van der Waals surface area contributed by atoms with Crippen LogP contribution in [0, 0.1) is 5.82 Å². The molecule has 17 heavy (non-hydrogen) atoms. The van der Waals surface area contributed by atoms with Crippen molar-refractivity contribution in [1.82, 2.24) is 0 Å². The van der Waals surface area contributed by atoms with E-state index in [9.17, 15) is 8.96 Å². The summed E-state index contributed by atoms with van der Waals surface area (Å²) in [5.41, 5.74) is 0.347. The molecule has 1 aromatic carbocycles. The maximum absolute atomic E-state index is 12.8. The van der Waals surface area contributed by atoms with Crippen molar-refractivity contribution in [2.45, 2.75) is 26.4 Å². The van der Waals surface area contributed by atoms with Gasteiger partial charge in [-0.1, -0.05) is 12.1 Å². The van der Waals surface area contributed by atoms with E-state index < -0.39 is 13.3 Å². The molecule has 1 rings (SSSR count). The van der Waals surface area contributed by atoms with Gasteiger partial charge in [-0.25, -0.2) is 4.39 Å². The molecule has 0 aliphatic carbocycles. The zero-order chi connectivity index (χ0) is 12.9. The second-order valence-corrected chi connectivity index (χ2v) is 5.97. The maximum atomic E-state index is 12.8. The zero-order valence-electron chi connectivity index (χ0n) is 10.4. The molecule has 0 fully saturated rings. The van der Waals surface area contributed by atoms with E-state index in [-0.39, 0.29) is 5.82 Å². The second kappa shape index (κ2) is 6.29. The Bertz CT molecular complexity index is 381. The number of rotatable bonds is 6. The normalized spacial score (nSPS) is 13.6. The van der Waals surface area contributed by atoms with E-state index in [4.69, 9.17) is 9.05 Å². The molecule has 0 amide bonds. The Morgan fingerprint density at radius 1 is 1.18 bits per heavy atom. The number of hydrogen-bond acceptors (Lipinski definition) is 3. The lowest BCUT2D eigenvalue weighted by molar-refractivity contribution is 0.213. The van der Waals surface area contributed by atoms with Gasteiger partial charge in [-0.05, 0) is 38.5 Å². The average molecular weight is 260 g/mol. The van der Waals surface area contributed by atoms with Crippen LogP contribution in [0.15, 0.2) is 24.3 Å². The molecular formula is C12H18FO3P. The van der Waals surface area contributed by atoms with Crippen molar-refractivity contribution < 1.29 is 18.0 Å². The van der Waals surface area contributed by atoms with Crippen LogP contribution in [0.1, 0.15) is 32.0 Å². The minimum absolute atomic E-state index is 0.316. The second-order valence-electron chi connectivity index (χ2n) is 3.60. The van der Waals surface area contributed by atoms with Crippen LogP contribution in [0.5, 0.6) is 0 Å². The quantitative estimate of drug-likeness (QED) is 0.721. The average Bonchev–Trinajstić information content (AvgIpc) is 2.30. The Labute approximate surface area is 101 Å². The lowest BCUT2D eigenvalue weighted by Crippen LogP contribution is -2.03. The van der Waals surface area contributed by atoms with Gasteiger partial charge in [0.1, 0.15) is 5.82 Å². The maximum Gasteiger partial charge on any atom is 0.337 e. The van der Waals surface area contributed by atoms with Gasteiger partial charge in [-0.2, -0.15) is 0 Å². The van der Waals surface area contributed by atoms with E-state index in [2.05, 4.69) is 0 Å². The van der Waals surface area contributed by atoms with Gasteiger partial charge < -0.3 is 9.05 Å². The number of halogens is 1. The number of benzene rings is 1. The topological polar surface area (TPSA) is 35.5 Å². The summed E-state index contributed by atoms with van der Waals surface area (Å²) < 4.78 is 35.8. The fraction of sp³-hybridized carbons (Fsp3) is 0.500. The van der Waals surface area contributed by atoms with Crippen molar-refractivity contribution in [2.24, 2.45) is 0 Å². The zero-order valence-corrected chi connectivity index (χ0v) is 11.2. The van der Waals surface area contributed by atoms with Crippen LogP contribution < -0.4 is 0 Å². The van der Waals surface area contributed by atoms with E-state index >= 15 is 0 Å². The standard InChI is InChI=1S/C12H18FO3P/c1-4-15-17(14,16-5-2)10(3)11-6-8-12(13)9-7-11/h6-10H,4-5H2,1-3H3/t10-/m0/s1. The Balaban J connectivity index is 2.95. The molecular weight excluding hydrogens is 242 g/mol. The van der Waals surface area contributed by atoms with E-state index in [0.29, 0.717) is 13.2 Å². The Morgan fingerprint density at radius 2 is 1.65 bits per heavy atom. The first-order valence-corrected chi connectivity index (χ1v) is 7.29. The Kier molecular flexibility index (Phi) is 5.31. The van der Waals surface area contributed by atoms with Gasteiger partial charge in [0.05, 0.1) is 18.9 Å². The van der Waals surface area contributed by atoms with Gasteiger partial charge in [-0.3, -0.25) is 4.57 Å². The van der Waals surface area contributed by atoms with Gasteiger partial charge >= 0.3 is 7.60 Å². The molecule has 96 valence electrons. The van der Waals surface area contributed by atoms with Gasteiger partial charge in [-0.15, -0.1) is 0 Å². The highest BCUT2D eigenvalue weighted by Gasteiger charge is 2.32. The molecule has 5 heteroatoms. The van der Waals surface area contributed by atoms with Crippen molar-refractivity contribution in [3.8, 4) is 0 Å². The molecule has 0 aliphatic heterocycles. The van der Waals surface area contributed by atoms with Crippen LogP contribution in [-0.2, 0) is 13.6 Å². The minimum atomic E-state index is -3.17. The van der Waals surface area contributed by atoms with Crippen LogP contribution >= 0.6 is 7.60 Å². The number of hydrogen-bond donors (Lipinski definition) is 0. The van der Waals surface area contributed by atoms with Crippen LogP contribution in [0.25, 0.3) is 0 Å². The molecule has 1 atom stereocenters. The monoisotopic (exact) mass is 260 g/mol. The van der Waals surface area contributed by atoms with Crippen molar-refractivity contribution in [3.05, 3.63) is 35.6 Å². The summed E-state index contributed by atoms with van der Waals surface area (Å²) in [5, 5.41) is 0.